The van der Waals surface area contributed by atoms with Crippen LogP contribution >= 0.6 is 0 Å². The molecule has 0 N–H and O–H groups in total. The van der Waals surface area contributed by atoms with Gasteiger partial charge in [-0.05, 0) is 32.4 Å². The first-order valence-corrected chi connectivity index (χ1v) is 6.38. The molecule has 0 atom stereocenters. The van der Waals surface area contributed by atoms with Crippen LogP contribution in [0.25, 0.3) is 11.1 Å². The average molecular weight is 270 g/mol. The van der Waals surface area contributed by atoms with Gasteiger partial charge in [0.15, 0.2) is 0 Å². The molecule has 0 fully saturated rings. The number of hydrogen-bond donors (Lipinski definition) is 0. The number of halogens is 1. The van der Waals surface area contributed by atoms with Gasteiger partial charge in [-0.3, -0.25) is 4.79 Å². The lowest BCUT2D eigenvalue weighted by Crippen LogP contribution is -2.25. The largest absolute Gasteiger partial charge is 0.312 e. The van der Waals surface area contributed by atoms with Crippen molar-refractivity contribution in [3.8, 4) is 17.2 Å². The Bertz CT molecular complexity index is 754. The summed E-state index contributed by atoms with van der Waals surface area (Å²) in [7, 11) is 0. The highest BCUT2D eigenvalue weighted by Crippen LogP contribution is 2.28. The topological polar surface area (TPSA) is 45.8 Å². The number of nitrogens with zero attached hydrogens (tertiary/aromatic N) is 2. The molecule has 2 aromatic rings. The average Bonchev–Trinajstić information content (AvgIpc) is 2.41. The van der Waals surface area contributed by atoms with E-state index in [1.54, 1.807) is 31.3 Å². The van der Waals surface area contributed by atoms with Crippen LogP contribution in [0.5, 0.6) is 0 Å². The summed E-state index contributed by atoms with van der Waals surface area (Å²) in [6.07, 6.45) is 1.68. The minimum Gasteiger partial charge on any atom is -0.312 e. The summed E-state index contributed by atoms with van der Waals surface area (Å²) in [6.45, 7) is 5.51. The molecule has 0 bridgehead atoms. The fourth-order valence-electron chi connectivity index (χ4n) is 2.26. The van der Waals surface area contributed by atoms with E-state index in [0.717, 1.165) is 0 Å². The number of rotatable bonds is 2. The Balaban J connectivity index is 2.86. The van der Waals surface area contributed by atoms with Gasteiger partial charge in [0.1, 0.15) is 17.4 Å². The summed E-state index contributed by atoms with van der Waals surface area (Å²) in [5.74, 6) is -0.436. The van der Waals surface area contributed by atoms with Gasteiger partial charge in [-0.15, -0.1) is 0 Å². The first-order chi connectivity index (χ1) is 9.47. The highest BCUT2D eigenvalue weighted by molar-refractivity contribution is 5.73. The van der Waals surface area contributed by atoms with E-state index >= 15 is 0 Å². The van der Waals surface area contributed by atoms with Gasteiger partial charge < -0.3 is 4.57 Å². The molecule has 2 rings (SSSR count). The molecule has 0 unspecified atom stereocenters. The molecule has 102 valence electrons. The van der Waals surface area contributed by atoms with E-state index in [1.807, 2.05) is 19.9 Å². The Labute approximate surface area is 116 Å². The minimum absolute atomic E-state index is 0.0104. The quantitative estimate of drug-likeness (QED) is 0.839. The Morgan fingerprint density at radius 3 is 2.50 bits per heavy atom. The predicted molar refractivity (Wildman–Crippen MR) is 75.9 cm³/mol. The molecule has 1 heterocycles. The van der Waals surface area contributed by atoms with Crippen molar-refractivity contribution in [3.63, 3.8) is 0 Å². The Kier molecular flexibility index (Phi) is 3.71. The van der Waals surface area contributed by atoms with Gasteiger partial charge in [-0.25, -0.2) is 4.39 Å². The van der Waals surface area contributed by atoms with Crippen LogP contribution < -0.4 is 5.56 Å². The zero-order valence-electron chi connectivity index (χ0n) is 11.6. The standard InChI is InChI=1S/C16H15FN2O/c1-10(2)19-9-11(3)15(13(8-18)16(19)20)12-6-4-5-7-14(12)17/h4-7,9-10H,1-3H3. The van der Waals surface area contributed by atoms with Crippen molar-refractivity contribution in [2.45, 2.75) is 26.8 Å². The molecule has 1 aromatic heterocycles. The molecule has 20 heavy (non-hydrogen) atoms. The summed E-state index contributed by atoms with van der Waals surface area (Å²) in [5, 5.41) is 9.30. The monoisotopic (exact) mass is 270 g/mol. The SMILES string of the molecule is Cc1cn(C(C)C)c(=O)c(C#N)c1-c1ccccc1F. The van der Waals surface area contributed by atoms with Crippen molar-refractivity contribution < 1.29 is 4.39 Å². The molecule has 0 radical (unpaired) electrons. The summed E-state index contributed by atoms with van der Waals surface area (Å²) < 4.78 is 15.4. The van der Waals surface area contributed by atoms with Crippen LogP contribution in [0.15, 0.2) is 35.3 Å². The van der Waals surface area contributed by atoms with E-state index in [1.165, 1.54) is 10.6 Å². The molecule has 1 aromatic carbocycles. The van der Waals surface area contributed by atoms with Crippen molar-refractivity contribution >= 4 is 0 Å². The maximum atomic E-state index is 13.9. The van der Waals surface area contributed by atoms with E-state index in [-0.39, 0.29) is 22.7 Å². The van der Waals surface area contributed by atoms with Gasteiger partial charge in [0.05, 0.1) is 0 Å². The van der Waals surface area contributed by atoms with Crippen molar-refractivity contribution in [2.24, 2.45) is 0 Å². The van der Waals surface area contributed by atoms with Crippen LogP contribution in [-0.4, -0.2) is 4.57 Å². The summed E-state index contributed by atoms with van der Waals surface area (Å²) in [5.41, 5.74) is 0.983. The third-order valence-electron chi connectivity index (χ3n) is 3.24. The number of pyridine rings is 1. The third-order valence-corrected chi connectivity index (χ3v) is 3.24. The Morgan fingerprint density at radius 2 is 1.95 bits per heavy atom. The number of aryl methyl sites for hydroxylation is 1. The number of hydrogen-bond acceptors (Lipinski definition) is 2. The molecular weight excluding hydrogens is 255 g/mol. The van der Waals surface area contributed by atoms with Crippen LogP contribution in [0, 0.1) is 24.1 Å². The van der Waals surface area contributed by atoms with Gasteiger partial charge in [0.25, 0.3) is 5.56 Å². The van der Waals surface area contributed by atoms with Crippen LogP contribution in [0.3, 0.4) is 0 Å². The van der Waals surface area contributed by atoms with E-state index in [9.17, 15) is 14.4 Å². The molecule has 0 saturated heterocycles. The first-order valence-electron chi connectivity index (χ1n) is 6.38. The number of benzene rings is 1. The van der Waals surface area contributed by atoms with Crippen LogP contribution in [0.4, 0.5) is 4.39 Å². The lowest BCUT2D eigenvalue weighted by molar-refractivity contribution is 0.575. The second-order valence-electron chi connectivity index (χ2n) is 4.96. The molecule has 3 nitrogen and oxygen atoms in total. The van der Waals surface area contributed by atoms with Crippen molar-refractivity contribution in [3.05, 3.63) is 57.8 Å². The van der Waals surface area contributed by atoms with Gasteiger partial charge >= 0.3 is 0 Å². The second kappa shape index (κ2) is 5.30. The third kappa shape index (κ3) is 2.23. The van der Waals surface area contributed by atoms with Gasteiger partial charge in [-0.1, -0.05) is 18.2 Å². The zero-order valence-corrected chi connectivity index (χ0v) is 11.6. The van der Waals surface area contributed by atoms with E-state index in [0.29, 0.717) is 11.1 Å². The molecule has 0 amide bonds. The normalized spacial score (nSPS) is 10.6. The van der Waals surface area contributed by atoms with E-state index < -0.39 is 5.82 Å². The molecule has 0 saturated carbocycles. The van der Waals surface area contributed by atoms with Gasteiger partial charge in [0, 0.05) is 23.4 Å². The van der Waals surface area contributed by atoms with Gasteiger partial charge in [0.2, 0.25) is 0 Å². The maximum Gasteiger partial charge on any atom is 0.269 e. The van der Waals surface area contributed by atoms with Crippen molar-refractivity contribution in [1.82, 2.24) is 4.57 Å². The molecular formula is C16H15FN2O. The summed E-state index contributed by atoms with van der Waals surface area (Å²) in [6, 6.07) is 8.04. The van der Waals surface area contributed by atoms with Crippen LogP contribution in [0.2, 0.25) is 0 Å². The van der Waals surface area contributed by atoms with Crippen molar-refractivity contribution in [1.29, 1.82) is 5.26 Å². The first kappa shape index (κ1) is 14.0. The van der Waals surface area contributed by atoms with E-state index in [4.69, 9.17) is 0 Å². The molecule has 0 spiro atoms. The predicted octanol–water partition coefficient (Wildman–Crippen LogP) is 3.42. The van der Waals surface area contributed by atoms with Crippen molar-refractivity contribution in [2.75, 3.05) is 0 Å². The molecule has 0 aliphatic heterocycles. The Hall–Kier alpha value is -2.41. The molecule has 0 aliphatic carbocycles. The zero-order chi connectivity index (χ0) is 14.9. The molecule has 4 heteroatoms. The fraction of sp³-hybridized carbons (Fsp3) is 0.250. The lowest BCUT2D eigenvalue weighted by Gasteiger charge is -2.15. The highest BCUT2D eigenvalue weighted by Gasteiger charge is 2.18. The molecule has 0 aliphatic rings. The smallest absolute Gasteiger partial charge is 0.269 e. The second-order valence-corrected chi connectivity index (χ2v) is 4.96. The Morgan fingerprint density at radius 1 is 1.30 bits per heavy atom. The summed E-state index contributed by atoms with van der Waals surface area (Å²) >= 11 is 0. The van der Waals surface area contributed by atoms with Crippen LogP contribution in [0.1, 0.15) is 31.0 Å². The summed E-state index contributed by atoms with van der Waals surface area (Å²) in [4.78, 5) is 12.3. The highest BCUT2D eigenvalue weighted by atomic mass is 19.1. The van der Waals surface area contributed by atoms with Crippen LogP contribution in [-0.2, 0) is 0 Å². The van der Waals surface area contributed by atoms with E-state index in [2.05, 4.69) is 0 Å². The number of aromatic nitrogens is 1. The minimum atomic E-state index is -0.436. The number of nitriles is 1. The fourth-order valence-corrected chi connectivity index (χ4v) is 2.26. The lowest BCUT2D eigenvalue weighted by atomic mass is 9.97. The van der Waals surface area contributed by atoms with Gasteiger partial charge in [-0.2, -0.15) is 5.26 Å². The maximum absolute atomic E-state index is 13.9.